The van der Waals surface area contributed by atoms with Gasteiger partial charge in [-0.3, -0.25) is 0 Å². The number of methoxy groups -OCH3 is 2. The molecule has 2 aromatic rings. The van der Waals surface area contributed by atoms with Crippen LogP contribution in [0.25, 0.3) is 0 Å². The molecule has 0 spiro atoms. The van der Waals surface area contributed by atoms with E-state index in [-0.39, 0.29) is 11.0 Å². The zero-order valence-electron chi connectivity index (χ0n) is 13.5. The second kappa shape index (κ2) is 8.93. The molecule has 0 aromatic carbocycles. The molecule has 0 atom stereocenters. The first-order valence-corrected chi connectivity index (χ1v) is 7.35. The second-order valence-electron chi connectivity index (χ2n) is 4.52. The lowest BCUT2D eigenvalue weighted by molar-refractivity contribution is 0.396. The van der Waals surface area contributed by atoms with Gasteiger partial charge in [0.15, 0.2) is 5.15 Å². The van der Waals surface area contributed by atoms with Crippen LogP contribution in [-0.4, -0.2) is 24.2 Å². The van der Waals surface area contributed by atoms with Gasteiger partial charge in [-0.05, 0) is 31.0 Å². The fourth-order valence-electron chi connectivity index (χ4n) is 1.73. The zero-order chi connectivity index (χ0) is 18.3. The molecule has 0 N–H and O–H groups in total. The highest BCUT2D eigenvalue weighted by Crippen LogP contribution is 2.22. The Bertz CT molecular complexity index is 803. The van der Waals surface area contributed by atoms with E-state index in [9.17, 15) is 0 Å². The van der Waals surface area contributed by atoms with E-state index in [0.29, 0.717) is 22.2 Å². The van der Waals surface area contributed by atoms with Gasteiger partial charge < -0.3 is 9.47 Å². The van der Waals surface area contributed by atoms with Gasteiger partial charge in [-0.2, -0.15) is 10.5 Å². The molecule has 0 aliphatic rings. The largest absolute Gasteiger partial charge is 0.481 e. The zero-order valence-corrected chi connectivity index (χ0v) is 15.0. The Morgan fingerprint density at radius 3 is 1.96 bits per heavy atom. The molecule has 2 heterocycles. The summed E-state index contributed by atoms with van der Waals surface area (Å²) in [4.78, 5) is 7.69. The Labute approximate surface area is 150 Å². The molecule has 0 fully saturated rings. The second-order valence-corrected chi connectivity index (χ2v) is 5.26. The van der Waals surface area contributed by atoms with E-state index in [0.717, 1.165) is 11.1 Å². The van der Waals surface area contributed by atoms with Gasteiger partial charge in [0.2, 0.25) is 11.8 Å². The normalized spacial score (nSPS) is 9.17. The molecular formula is C16H14Cl2N4O2. The first kappa shape index (κ1) is 19.5. The number of hydrogen-bond acceptors (Lipinski definition) is 6. The molecule has 124 valence electrons. The SMILES string of the molecule is COc1cc(C)c(C#N)c(Cl)n1.COc1nc(Cl)cc(C)c1C#N. The molecule has 0 aliphatic carbocycles. The number of nitrogens with zero attached hydrogens (tertiary/aromatic N) is 4. The molecule has 0 saturated heterocycles. The summed E-state index contributed by atoms with van der Waals surface area (Å²) in [7, 11) is 2.96. The van der Waals surface area contributed by atoms with Crippen molar-refractivity contribution in [2.75, 3.05) is 14.2 Å². The average Bonchev–Trinajstić information content (AvgIpc) is 2.54. The summed E-state index contributed by atoms with van der Waals surface area (Å²) < 4.78 is 9.75. The third kappa shape index (κ3) is 4.73. The minimum Gasteiger partial charge on any atom is -0.481 e. The molecule has 0 aliphatic heterocycles. The molecule has 0 saturated carbocycles. The monoisotopic (exact) mass is 364 g/mol. The van der Waals surface area contributed by atoms with Crippen molar-refractivity contribution < 1.29 is 9.47 Å². The van der Waals surface area contributed by atoms with Crippen LogP contribution < -0.4 is 9.47 Å². The van der Waals surface area contributed by atoms with Crippen molar-refractivity contribution in [1.29, 1.82) is 10.5 Å². The maximum Gasteiger partial charge on any atom is 0.233 e. The predicted octanol–water partition coefficient (Wildman–Crippen LogP) is 3.85. The van der Waals surface area contributed by atoms with Crippen LogP contribution in [0.5, 0.6) is 11.8 Å². The average molecular weight is 365 g/mol. The minimum absolute atomic E-state index is 0.189. The lowest BCUT2D eigenvalue weighted by atomic mass is 10.2. The maximum atomic E-state index is 8.71. The number of halogens is 2. The topological polar surface area (TPSA) is 91.8 Å². The molecule has 2 rings (SSSR count). The van der Waals surface area contributed by atoms with E-state index in [2.05, 4.69) is 9.97 Å². The number of hydrogen-bond donors (Lipinski definition) is 0. The highest BCUT2D eigenvalue weighted by molar-refractivity contribution is 6.30. The molecule has 6 nitrogen and oxygen atoms in total. The fourth-order valence-corrected chi connectivity index (χ4v) is 2.25. The lowest BCUT2D eigenvalue weighted by Gasteiger charge is -2.03. The van der Waals surface area contributed by atoms with E-state index in [1.807, 2.05) is 12.1 Å². The number of pyridine rings is 2. The highest BCUT2D eigenvalue weighted by Gasteiger charge is 2.08. The van der Waals surface area contributed by atoms with Gasteiger partial charge in [0.1, 0.15) is 22.9 Å². The van der Waals surface area contributed by atoms with Crippen molar-refractivity contribution in [3.63, 3.8) is 0 Å². The standard InChI is InChI=1S/2C8H7ClN2O/c1-5-3-7(12-2)11-8(9)6(5)4-10;1-5-3-7(9)11-8(12-2)6(5)4-10/h2*3H,1-2H3. The summed E-state index contributed by atoms with van der Waals surface area (Å²) in [6.07, 6.45) is 0. The summed E-state index contributed by atoms with van der Waals surface area (Å²) in [5.74, 6) is 0.707. The third-order valence-electron chi connectivity index (χ3n) is 2.93. The summed E-state index contributed by atoms with van der Waals surface area (Å²) in [6.45, 7) is 3.57. The van der Waals surface area contributed by atoms with Crippen molar-refractivity contribution in [2.24, 2.45) is 0 Å². The smallest absolute Gasteiger partial charge is 0.233 e. The van der Waals surface area contributed by atoms with Crippen LogP contribution in [0.4, 0.5) is 0 Å². The van der Waals surface area contributed by atoms with Crippen molar-refractivity contribution in [3.05, 3.63) is 44.7 Å². The van der Waals surface area contributed by atoms with Crippen molar-refractivity contribution >= 4 is 23.2 Å². The van der Waals surface area contributed by atoms with Crippen molar-refractivity contribution in [3.8, 4) is 23.9 Å². The molecule has 0 radical (unpaired) electrons. The molecule has 8 heteroatoms. The maximum absolute atomic E-state index is 8.71. The fraction of sp³-hybridized carbons (Fsp3) is 0.250. The van der Waals surface area contributed by atoms with Gasteiger partial charge in [0.25, 0.3) is 0 Å². The van der Waals surface area contributed by atoms with Gasteiger partial charge in [0.05, 0.1) is 19.8 Å². The van der Waals surface area contributed by atoms with Crippen molar-refractivity contribution in [1.82, 2.24) is 9.97 Å². The summed E-state index contributed by atoms with van der Waals surface area (Å²) >= 11 is 11.4. The Balaban J connectivity index is 0.000000240. The highest BCUT2D eigenvalue weighted by atomic mass is 35.5. The lowest BCUT2D eigenvalue weighted by Crippen LogP contribution is -1.94. The van der Waals surface area contributed by atoms with Crippen LogP contribution in [0.3, 0.4) is 0 Å². The van der Waals surface area contributed by atoms with E-state index in [1.54, 1.807) is 26.0 Å². The van der Waals surface area contributed by atoms with Crippen LogP contribution in [0.15, 0.2) is 12.1 Å². The van der Waals surface area contributed by atoms with E-state index >= 15 is 0 Å². The molecule has 0 amide bonds. The Kier molecular flexibility index (Phi) is 7.26. The number of aromatic nitrogens is 2. The Hall–Kier alpha value is -2.54. The minimum atomic E-state index is 0.189. The van der Waals surface area contributed by atoms with Crippen LogP contribution in [0, 0.1) is 36.5 Å². The molecule has 2 aromatic heterocycles. The number of aryl methyl sites for hydroxylation is 2. The van der Waals surface area contributed by atoms with Crippen LogP contribution in [0.1, 0.15) is 22.3 Å². The van der Waals surface area contributed by atoms with E-state index < -0.39 is 0 Å². The predicted molar refractivity (Wildman–Crippen MR) is 90.5 cm³/mol. The van der Waals surface area contributed by atoms with Crippen LogP contribution >= 0.6 is 23.2 Å². The number of rotatable bonds is 2. The van der Waals surface area contributed by atoms with Gasteiger partial charge in [-0.25, -0.2) is 9.97 Å². The quantitative estimate of drug-likeness (QED) is 0.751. The third-order valence-corrected chi connectivity index (χ3v) is 3.39. The first-order chi connectivity index (χ1) is 11.4. The van der Waals surface area contributed by atoms with E-state index in [4.69, 9.17) is 43.2 Å². The van der Waals surface area contributed by atoms with Gasteiger partial charge in [-0.15, -0.1) is 0 Å². The number of ether oxygens (including phenoxy) is 2. The Morgan fingerprint density at radius 1 is 0.917 bits per heavy atom. The summed E-state index contributed by atoms with van der Waals surface area (Å²) in [5.41, 5.74) is 2.38. The molecular weight excluding hydrogens is 351 g/mol. The molecule has 0 unspecified atom stereocenters. The number of nitriles is 2. The summed E-state index contributed by atoms with van der Waals surface area (Å²) in [5, 5.41) is 17.9. The molecule has 0 bridgehead atoms. The van der Waals surface area contributed by atoms with E-state index in [1.165, 1.54) is 14.2 Å². The van der Waals surface area contributed by atoms with Gasteiger partial charge >= 0.3 is 0 Å². The van der Waals surface area contributed by atoms with Crippen LogP contribution in [0.2, 0.25) is 10.3 Å². The van der Waals surface area contributed by atoms with Crippen LogP contribution in [-0.2, 0) is 0 Å². The first-order valence-electron chi connectivity index (χ1n) is 6.60. The Morgan fingerprint density at radius 2 is 1.50 bits per heavy atom. The van der Waals surface area contributed by atoms with Gasteiger partial charge in [0, 0.05) is 6.07 Å². The molecule has 24 heavy (non-hydrogen) atoms. The van der Waals surface area contributed by atoms with Crippen molar-refractivity contribution in [2.45, 2.75) is 13.8 Å². The van der Waals surface area contributed by atoms with Gasteiger partial charge in [-0.1, -0.05) is 23.2 Å². The summed E-state index contributed by atoms with van der Waals surface area (Å²) in [6, 6.07) is 7.26.